The Balaban J connectivity index is 1.90. The highest BCUT2D eigenvalue weighted by atomic mass is 16.3. The summed E-state index contributed by atoms with van der Waals surface area (Å²) in [4.78, 5) is 4.70. The van der Waals surface area contributed by atoms with Gasteiger partial charge in [0.2, 0.25) is 0 Å². The van der Waals surface area contributed by atoms with Crippen LogP contribution in [-0.4, -0.2) is 54.7 Å². The standard InChI is InChI=1S/C19H24N2O/c1-20-12-14-21(15-13-20)16-19(22,17-8-4-2-5-9-17)18-10-6-3-7-11-18/h2-11,22H,12-16H2,1H3. The third kappa shape index (κ3) is 3.22. The lowest BCUT2D eigenvalue weighted by molar-refractivity contribution is 0.0201. The number of benzene rings is 2. The van der Waals surface area contributed by atoms with Crippen molar-refractivity contribution in [3.63, 3.8) is 0 Å². The number of rotatable bonds is 4. The van der Waals surface area contributed by atoms with Crippen LogP contribution in [0.3, 0.4) is 0 Å². The number of likely N-dealkylation sites (N-methyl/N-ethyl adjacent to an activating group) is 1. The Hall–Kier alpha value is -1.68. The molecular formula is C19H24N2O. The van der Waals surface area contributed by atoms with Gasteiger partial charge in [0, 0.05) is 32.7 Å². The number of hydrogen-bond donors (Lipinski definition) is 1. The SMILES string of the molecule is CN1CCN(CC(O)(c2ccccc2)c2ccccc2)CC1. The van der Waals surface area contributed by atoms with Crippen molar-refractivity contribution >= 4 is 0 Å². The number of nitrogens with zero attached hydrogens (tertiary/aromatic N) is 2. The van der Waals surface area contributed by atoms with Gasteiger partial charge in [-0.2, -0.15) is 0 Å². The maximum absolute atomic E-state index is 11.5. The normalized spacial score (nSPS) is 17.5. The van der Waals surface area contributed by atoms with E-state index in [-0.39, 0.29) is 0 Å². The molecule has 116 valence electrons. The molecule has 3 nitrogen and oxygen atoms in total. The summed E-state index contributed by atoms with van der Waals surface area (Å²) in [6.45, 7) is 4.74. The van der Waals surface area contributed by atoms with Crippen LogP contribution in [0.15, 0.2) is 60.7 Å². The molecule has 0 atom stereocenters. The maximum Gasteiger partial charge on any atom is 0.127 e. The van der Waals surface area contributed by atoms with Crippen LogP contribution in [0.25, 0.3) is 0 Å². The van der Waals surface area contributed by atoms with Gasteiger partial charge in [0.05, 0.1) is 0 Å². The lowest BCUT2D eigenvalue weighted by atomic mass is 9.85. The van der Waals surface area contributed by atoms with Crippen molar-refractivity contribution in [1.29, 1.82) is 0 Å². The summed E-state index contributed by atoms with van der Waals surface area (Å²) < 4.78 is 0. The van der Waals surface area contributed by atoms with Crippen molar-refractivity contribution in [3.05, 3.63) is 71.8 Å². The first-order valence-electron chi connectivity index (χ1n) is 7.93. The molecule has 0 saturated carbocycles. The predicted octanol–water partition coefficient (Wildman–Crippen LogP) is 2.17. The molecule has 0 radical (unpaired) electrons. The smallest absolute Gasteiger partial charge is 0.127 e. The van der Waals surface area contributed by atoms with Gasteiger partial charge >= 0.3 is 0 Å². The fourth-order valence-electron chi connectivity index (χ4n) is 3.11. The molecule has 0 aromatic heterocycles. The van der Waals surface area contributed by atoms with Crippen LogP contribution in [-0.2, 0) is 5.60 Å². The molecule has 2 aromatic carbocycles. The van der Waals surface area contributed by atoms with Crippen molar-refractivity contribution in [2.75, 3.05) is 39.8 Å². The zero-order valence-corrected chi connectivity index (χ0v) is 13.2. The van der Waals surface area contributed by atoms with Crippen LogP contribution < -0.4 is 0 Å². The maximum atomic E-state index is 11.5. The van der Waals surface area contributed by atoms with E-state index < -0.39 is 5.60 Å². The summed E-state index contributed by atoms with van der Waals surface area (Å²) in [5.41, 5.74) is 0.957. The summed E-state index contributed by atoms with van der Waals surface area (Å²) in [6, 6.07) is 20.0. The summed E-state index contributed by atoms with van der Waals surface area (Å²) >= 11 is 0. The van der Waals surface area contributed by atoms with Crippen molar-refractivity contribution in [2.45, 2.75) is 5.60 Å². The molecule has 3 heteroatoms. The van der Waals surface area contributed by atoms with Gasteiger partial charge in [-0.1, -0.05) is 60.7 Å². The van der Waals surface area contributed by atoms with Gasteiger partial charge in [0.15, 0.2) is 0 Å². The van der Waals surface area contributed by atoms with E-state index in [4.69, 9.17) is 0 Å². The Morgan fingerprint density at radius 2 is 1.27 bits per heavy atom. The average Bonchev–Trinajstić information content (AvgIpc) is 2.58. The molecule has 1 aliphatic rings. The largest absolute Gasteiger partial charge is 0.379 e. The molecule has 0 aliphatic carbocycles. The van der Waals surface area contributed by atoms with E-state index in [1.165, 1.54) is 0 Å². The molecule has 3 rings (SSSR count). The first kappa shape index (κ1) is 15.2. The molecular weight excluding hydrogens is 272 g/mol. The molecule has 2 aromatic rings. The Morgan fingerprint density at radius 3 is 1.73 bits per heavy atom. The summed E-state index contributed by atoms with van der Waals surface area (Å²) in [5.74, 6) is 0. The van der Waals surface area contributed by atoms with Gasteiger partial charge in [0.1, 0.15) is 5.60 Å². The Labute approximate surface area is 132 Å². The number of piperazine rings is 1. The molecule has 1 aliphatic heterocycles. The van der Waals surface area contributed by atoms with Crippen LogP contribution in [0, 0.1) is 0 Å². The molecule has 1 heterocycles. The molecule has 0 unspecified atom stereocenters. The quantitative estimate of drug-likeness (QED) is 0.937. The van der Waals surface area contributed by atoms with Crippen LogP contribution in [0.4, 0.5) is 0 Å². The van der Waals surface area contributed by atoms with Crippen molar-refractivity contribution < 1.29 is 5.11 Å². The van der Waals surface area contributed by atoms with Gasteiger partial charge in [0.25, 0.3) is 0 Å². The van der Waals surface area contributed by atoms with E-state index in [0.717, 1.165) is 37.3 Å². The van der Waals surface area contributed by atoms with E-state index in [0.29, 0.717) is 6.54 Å². The third-order valence-electron chi connectivity index (χ3n) is 4.55. The Kier molecular flexibility index (Phi) is 4.57. The Morgan fingerprint density at radius 1 is 0.818 bits per heavy atom. The topological polar surface area (TPSA) is 26.7 Å². The summed E-state index contributed by atoms with van der Waals surface area (Å²) in [5, 5.41) is 11.5. The molecule has 1 fully saturated rings. The molecule has 1 N–H and O–H groups in total. The zero-order valence-electron chi connectivity index (χ0n) is 13.2. The van der Waals surface area contributed by atoms with Crippen LogP contribution in [0.5, 0.6) is 0 Å². The van der Waals surface area contributed by atoms with E-state index in [2.05, 4.69) is 16.8 Å². The second-order valence-electron chi connectivity index (χ2n) is 6.17. The summed E-state index contributed by atoms with van der Waals surface area (Å²) in [7, 11) is 2.15. The minimum absolute atomic E-state index is 0.634. The lowest BCUT2D eigenvalue weighted by Gasteiger charge is -2.39. The predicted molar refractivity (Wildman–Crippen MR) is 89.8 cm³/mol. The number of β-amino-alcohol motifs (C(OH)–C–C–N with tert-alkyl or cyclic N) is 1. The van der Waals surface area contributed by atoms with E-state index >= 15 is 0 Å². The fourth-order valence-corrected chi connectivity index (χ4v) is 3.11. The van der Waals surface area contributed by atoms with Crippen molar-refractivity contribution in [1.82, 2.24) is 9.80 Å². The van der Waals surface area contributed by atoms with E-state index in [1.807, 2.05) is 60.7 Å². The fraction of sp³-hybridized carbons (Fsp3) is 0.368. The second-order valence-corrected chi connectivity index (χ2v) is 6.17. The average molecular weight is 296 g/mol. The van der Waals surface area contributed by atoms with Gasteiger partial charge in [-0.3, -0.25) is 4.90 Å². The highest BCUT2D eigenvalue weighted by Gasteiger charge is 2.34. The van der Waals surface area contributed by atoms with Gasteiger partial charge < -0.3 is 10.0 Å². The van der Waals surface area contributed by atoms with Gasteiger partial charge in [-0.15, -0.1) is 0 Å². The van der Waals surface area contributed by atoms with E-state index in [9.17, 15) is 5.11 Å². The molecule has 0 amide bonds. The number of aliphatic hydroxyl groups is 1. The minimum Gasteiger partial charge on any atom is -0.379 e. The zero-order chi connectivity index (χ0) is 15.4. The van der Waals surface area contributed by atoms with Crippen molar-refractivity contribution in [2.24, 2.45) is 0 Å². The minimum atomic E-state index is -0.960. The van der Waals surface area contributed by atoms with Crippen molar-refractivity contribution in [3.8, 4) is 0 Å². The monoisotopic (exact) mass is 296 g/mol. The highest BCUT2D eigenvalue weighted by molar-refractivity contribution is 5.36. The first-order chi connectivity index (χ1) is 10.7. The van der Waals surface area contributed by atoms with Crippen LogP contribution in [0.1, 0.15) is 11.1 Å². The molecule has 0 bridgehead atoms. The Bertz CT molecular complexity index is 537. The van der Waals surface area contributed by atoms with Gasteiger partial charge in [-0.05, 0) is 18.2 Å². The van der Waals surface area contributed by atoms with Crippen LogP contribution in [0.2, 0.25) is 0 Å². The molecule has 0 spiro atoms. The third-order valence-corrected chi connectivity index (χ3v) is 4.55. The van der Waals surface area contributed by atoms with Crippen LogP contribution >= 0.6 is 0 Å². The number of hydrogen-bond acceptors (Lipinski definition) is 3. The lowest BCUT2D eigenvalue weighted by Crippen LogP contribution is -2.50. The van der Waals surface area contributed by atoms with Gasteiger partial charge in [-0.25, -0.2) is 0 Å². The second kappa shape index (κ2) is 6.61. The summed E-state index contributed by atoms with van der Waals surface area (Å²) in [6.07, 6.45) is 0. The molecule has 22 heavy (non-hydrogen) atoms. The first-order valence-corrected chi connectivity index (χ1v) is 7.93. The van der Waals surface area contributed by atoms with E-state index in [1.54, 1.807) is 0 Å². The highest BCUT2D eigenvalue weighted by Crippen LogP contribution is 2.30. The molecule has 1 saturated heterocycles.